The summed E-state index contributed by atoms with van der Waals surface area (Å²) in [6.45, 7) is 4.87. The maximum atomic E-state index is 12.4. The van der Waals surface area contributed by atoms with Crippen LogP contribution in [0.1, 0.15) is 245 Å². The predicted octanol–water partition coefficient (Wildman–Crippen LogP) is 13.0. The van der Waals surface area contributed by atoms with Crippen molar-refractivity contribution in [3.05, 3.63) is 12.2 Å². The summed E-state index contributed by atoms with van der Waals surface area (Å²) >= 11 is 0. The number of aliphatic hydroxyl groups excluding tert-OH is 2. The number of carbonyl (C=O) groups is 2. The Bertz CT molecular complexity index is 772. The van der Waals surface area contributed by atoms with Crippen molar-refractivity contribution in [3.8, 4) is 0 Å². The molecule has 0 aromatic heterocycles. The van der Waals surface area contributed by atoms with Gasteiger partial charge >= 0.3 is 5.97 Å². The zero-order valence-electron chi connectivity index (χ0n) is 34.8. The lowest BCUT2D eigenvalue weighted by molar-refractivity contribution is -0.143. The molecule has 0 bridgehead atoms. The topological polar surface area (TPSA) is 95.9 Å². The van der Waals surface area contributed by atoms with Crippen molar-refractivity contribution in [2.75, 3.05) is 13.2 Å². The first-order chi connectivity index (χ1) is 25.5. The molecular weight excluding hydrogens is 647 g/mol. The number of hydrogen-bond donors (Lipinski definition) is 3. The van der Waals surface area contributed by atoms with Crippen molar-refractivity contribution in [2.24, 2.45) is 0 Å². The number of esters is 1. The van der Waals surface area contributed by atoms with E-state index in [1.807, 2.05) is 0 Å². The lowest BCUT2D eigenvalue weighted by atomic mass is 10.0. The van der Waals surface area contributed by atoms with Crippen LogP contribution in [0.4, 0.5) is 0 Å². The number of rotatable bonds is 42. The number of carbonyl (C=O) groups excluding carboxylic acids is 2. The Balaban J connectivity index is 3.47. The van der Waals surface area contributed by atoms with Crippen molar-refractivity contribution in [1.82, 2.24) is 5.32 Å². The van der Waals surface area contributed by atoms with Crippen LogP contribution in [0.3, 0.4) is 0 Å². The van der Waals surface area contributed by atoms with E-state index < -0.39 is 12.1 Å². The van der Waals surface area contributed by atoms with Gasteiger partial charge in [-0.05, 0) is 51.4 Å². The molecule has 0 aliphatic rings. The van der Waals surface area contributed by atoms with Gasteiger partial charge in [-0.1, -0.05) is 193 Å². The molecule has 0 aromatic rings. The summed E-state index contributed by atoms with van der Waals surface area (Å²) in [6, 6.07) is -0.553. The highest BCUT2D eigenvalue weighted by Gasteiger charge is 2.20. The molecular formula is C46H89NO5. The minimum Gasteiger partial charge on any atom is -0.466 e. The van der Waals surface area contributed by atoms with Gasteiger partial charge in [0, 0.05) is 12.8 Å². The maximum absolute atomic E-state index is 12.4. The fraction of sp³-hybridized carbons (Fsp3) is 0.913. The van der Waals surface area contributed by atoms with Gasteiger partial charge in [-0.3, -0.25) is 9.59 Å². The maximum Gasteiger partial charge on any atom is 0.305 e. The molecule has 0 aliphatic heterocycles. The van der Waals surface area contributed by atoms with Crippen LogP contribution >= 0.6 is 0 Å². The number of hydrogen-bond acceptors (Lipinski definition) is 5. The fourth-order valence-electron chi connectivity index (χ4n) is 6.98. The molecule has 52 heavy (non-hydrogen) atoms. The number of unbranched alkanes of at least 4 members (excludes halogenated alkanes) is 29. The molecule has 3 N–H and O–H groups in total. The Hall–Kier alpha value is -1.40. The van der Waals surface area contributed by atoms with Gasteiger partial charge in [-0.2, -0.15) is 0 Å². The van der Waals surface area contributed by atoms with Crippen LogP contribution in [0.25, 0.3) is 0 Å². The van der Waals surface area contributed by atoms with E-state index in [9.17, 15) is 19.8 Å². The molecule has 1 amide bonds. The van der Waals surface area contributed by atoms with E-state index in [1.54, 1.807) is 0 Å². The van der Waals surface area contributed by atoms with Crippen LogP contribution in [-0.4, -0.2) is 47.4 Å². The minimum atomic E-state index is -0.674. The molecule has 0 aromatic carbocycles. The molecule has 2 atom stereocenters. The van der Waals surface area contributed by atoms with E-state index >= 15 is 0 Å². The third kappa shape index (κ3) is 38.3. The summed E-state index contributed by atoms with van der Waals surface area (Å²) in [6.07, 6.45) is 45.9. The first kappa shape index (κ1) is 50.6. The van der Waals surface area contributed by atoms with E-state index in [0.29, 0.717) is 25.9 Å². The number of ether oxygens (including phenoxy) is 1. The van der Waals surface area contributed by atoms with Crippen LogP contribution in [-0.2, 0) is 14.3 Å². The van der Waals surface area contributed by atoms with Crippen LogP contribution in [0, 0.1) is 0 Å². The van der Waals surface area contributed by atoms with Gasteiger partial charge in [0.15, 0.2) is 0 Å². The highest BCUT2D eigenvalue weighted by atomic mass is 16.5. The SMILES string of the molecule is CCCCCC/C=C\CCCCCCCC(=O)OCCCCCCCCCCCCCC(=O)NC(CO)C(O)CCCCCCCCCCCCC. The highest BCUT2D eigenvalue weighted by Crippen LogP contribution is 2.15. The monoisotopic (exact) mass is 736 g/mol. The van der Waals surface area contributed by atoms with Gasteiger partial charge in [0.2, 0.25) is 5.91 Å². The molecule has 0 rings (SSSR count). The number of aliphatic hydroxyl groups is 2. The second kappa shape index (κ2) is 42.3. The molecule has 0 aliphatic carbocycles. The van der Waals surface area contributed by atoms with Gasteiger partial charge < -0.3 is 20.3 Å². The van der Waals surface area contributed by atoms with E-state index in [-0.39, 0.29) is 18.5 Å². The summed E-state index contributed by atoms with van der Waals surface area (Å²) in [5.74, 6) is -0.0791. The van der Waals surface area contributed by atoms with Gasteiger partial charge in [0.25, 0.3) is 0 Å². The smallest absolute Gasteiger partial charge is 0.305 e. The van der Waals surface area contributed by atoms with E-state index in [2.05, 4.69) is 31.3 Å². The standard InChI is InChI=1S/C46H89NO5/c1-3-5-7-9-11-13-15-16-20-24-28-32-36-40-46(51)52-41-37-33-29-25-21-17-19-23-27-31-35-39-45(50)47-43(42-48)44(49)38-34-30-26-22-18-14-12-10-8-6-4-2/h13,15,43-44,48-49H,3-12,14,16-42H2,1-2H3,(H,47,50)/b15-13-. The van der Waals surface area contributed by atoms with Crippen LogP contribution in [0.2, 0.25) is 0 Å². The summed E-state index contributed by atoms with van der Waals surface area (Å²) in [5.41, 5.74) is 0. The van der Waals surface area contributed by atoms with Crippen LogP contribution in [0.15, 0.2) is 12.2 Å². The second-order valence-electron chi connectivity index (χ2n) is 15.7. The average Bonchev–Trinajstić information content (AvgIpc) is 3.14. The molecule has 0 fully saturated rings. The Kier molecular flexibility index (Phi) is 41.2. The minimum absolute atomic E-state index is 0.0233. The van der Waals surface area contributed by atoms with Crippen molar-refractivity contribution >= 4 is 11.9 Å². The van der Waals surface area contributed by atoms with Crippen molar-refractivity contribution < 1.29 is 24.5 Å². The molecule has 6 nitrogen and oxygen atoms in total. The quantitative estimate of drug-likeness (QED) is 0.0329. The Morgan fingerprint density at radius 1 is 0.519 bits per heavy atom. The molecule has 0 heterocycles. The molecule has 0 saturated carbocycles. The molecule has 2 unspecified atom stereocenters. The molecule has 0 saturated heterocycles. The van der Waals surface area contributed by atoms with Gasteiger partial charge in [-0.25, -0.2) is 0 Å². The average molecular weight is 736 g/mol. The third-order valence-electron chi connectivity index (χ3n) is 10.6. The zero-order valence-corrected chi connectivity index (χ0v) is 34.8. The molecule has 0 radical (unpaired) electrons. The van der Waals surface area contributed by atoms with E-state index in [4.69, 9.17) is 4.74 Å². The predicted molar refractivity (Wildman–Crippen MR) is 223 cm³/mol. The number of amides is 1. The first-order valence-electron chi connectivity index (χ1n) is 22.9. The van der Waals surface area contributed by atoms with Crippen molar-refractivity contribution in [3.63, 3.8) is 0 Å². The number of nitrogens with one attached hydrogen (secondary N) is 1. The van der Waals surface area contributed by atoms with Crippen molar-refractivity contribution in [1.29, 1.82) is 0 Å². The molecule has 0 spiro atoms. The normalized spacial score (nSPS) is 12.8. The van der Waals surface area contributed by atoms with Crippen LogP contribution < -0.4 is 5.32 Å². The number of allylic oxidation sites excluding steroid dienone is 2. The largest absolute Gasteiger partial charge is 0.466 e. The fourth-order valence-corrected chi connectivity index (χ4v) is 6.98. The summed E-state index contributed by atoms with van der Waals surface area (Å²) in [7, 11) is 0. The van der Waals surface area contributed by atoms with Gasteiger partial charge in [-0.15, -0.1) is 0 Å². The first-order valence-corrected chi connectivity index (χ1v) is 22.9. The van der Waals surface area contributed by atoms with Crippen molar-refractivity contribution in [2.45, 2.75) is 257 Å². The Labute approximate surface area is 323 Å². The van der Waals surface area contributed by atoms with E-state index in [0.717, 1.165) is 57.8 Å². The Morgan fingerprint density at radius 3 is 1.38 bits per heavy atom. The Morgan fingerprint density at radius 2 is 0.904 bits per heavy atom. The summed E-state index contributed by atoms with van der Waals surface area (Å²) in [4.78, 5) is 24.4. The molecule has 308 valence electrons. The third-order valence-corrected chi connectivity index (χ3v) is 10.6. The molecule has 6 heteroatoms. The van der Waals surface area contributed by atoms with Crippen LogP contribution in [0.5, 0.6) is 0 Å². The van der Waals surface area contributed by atoms with E-state index in [1.165, 1.54) is 154 Å². The second-order valence-corrected chi connectivity index (χ2v) is 15.7. The lowest BCUT2D eigenvalue weighted by Crippen LogP contribution is -2.45. The van der Waals surface area contributed by atoms with Gasteiger partial charge in [0.05, 0.1) is 25.4 Å². The highest BCUT2D eigenvalue weighted by molar-refractivity contribution is 5.76. The lowest BCUT2D eigenvalue weighted by Gasteiger charge is -2.22. The van der Waals surface area contributed by atoms with Gasteiger partial charge in [0.1, 0.15) is 0 Å². The zero-order chi connectivity index (χ0) is 38.0. The summed E-state index contributed by atoms with van der Waals surface area (Å²) in [5, 5.41) is 23.1. The summed E-state index contributed by atoms with van der Waals surface area (Å²) < 4.78 is 5.44.